The van der Waals surface area contributed by atoms with Crippen LogP contribution in [0.1, 0.15) is 0 Å². The molecule has 0 bridgehead atoms. The molecule has 17 heavy (non-hydrogen) atoms. The zero-order valence-electron chi connectivity index (χ0n) is 10.0. The molecule has 0 aromatic carbocycles. The molecule has 1 fully saturated rings. The van der Waals surface area contributed by atoms with E-state index < -0.39 is 12.7 Å². The monoisotopic (exact) mass is 255 g/mol. The number of ether oxygens (including phenoxy) is 1. The van der Waals surface area contributed by atoms with E-state index >= 15 is 0 Å². The van der Waals surface area contributed by atoms with E-state index in [2.05, 4.69) is 4.90 Å². The van der Waals surface area contributed by atoms with Crippen LogP contribution in [0.25, 0.3) is 0 Å². The second-order valence-corrected chi connectivity index (χ2v) is 4.29. The normalized spacial score (nSPS) is 21.7. The lowest BCUT2D eigenvalue weighted by Gasteiger charge is -2.36. The van der Waals surface area contributed by atoms with Crippen molar-refractivity contribution in [2.75, 3.05) is 52.9 Å². The minimum Gasteiger partial charge on any atom is -0.379 e. The third kappa shape index (κ3) is 5.67. The molecule has 1 atom stereocenters. The van der Waals surface area contributed by atoms with Gasteiger partial charge in [0.05, 0.1) is 12.6 Å². The fraction of sp³-hybridized carbons (Fsp3) is 1.00. The predicted octanol–water partition coefficient (Wildman–Crippen LogP) is 0.140. The summed E-state index contributed by atoms with van der Waals surface area (Å²) < 4.78 is 41.6. The first-order valence-electron chi connectivity index (χ1n) is 5.69. The fourth-order valence-electron chi connectivity index (χ4n) is 1.92. The van der Waals surface area contributed by atoms with Crippen LogP contribution in [-0.4, -0.2) is 75.0 Å². The Kier molecular flexibility index (Phi) is 5.64. The zero-order chi connectivity index (χ0) is 12.9. The van der Waals surface area contributed by atoms with E-state index in [1.165, 1.54) is 4.90 Å². The third-order valence-electron chi connectivity index (χ3n) is 2.93. The number of nitrogens with two attached hydrogens (primary N) is 1. The molecule has 1 aliphatic rings. The number of halogens is 3. The molecule has 0 saturated carbocycles. The van der Waals surface area contributed by atoms with Gasteiger partial charge in [0, 0.05) is 46.4 Å². The smallest absolute Gasteiger partial charge is 0.379 e. The maximum atomic E-state index is 12.2. The second kappa shape index (κ2) is 6.53. The van der Waals surface area contributed by atoms with Gasteiger partial charge >= 0.3 is 6.18 Å². The van der Waals surface area contributed by atoms with Crippen LogP contribution >= 0.6 is 0 Å². The summed E-state index contributed by atoms with van der Waals surface area (Å²) in [6, 6.07) is 0. The Labute approximate surface area is 99.5 Å². The van der Waals surface area contributed by atoms with E-state index in [-0.39, 0.29) is 6.10 Å². The zero-order valence-corrected chi connectivity index (χ0v) is 10.0. The van der Waals surface area contributed by atoms with Crippen LogP contribution in [0.2, 0.25) is 0 Å². The average Bonchev–Trinajstić information content (AvgIpc) is 2.26. The van der Waals surface area contributed by atoms with Crippen LogP contribution in [0.5, 0.6) is 0 Å². The van der Waals surface area contributed by atoms with Gasteiger partial charge in [0.25, 0.3) is 0 Å². The topological polar surface area (TPSA) is 41.7 Å². The summed E-state index contributed by atoms with van der Waals surface area (Å²) in [7, 11) is 1.59. The Balaban J connectivity index is 2.26. The second-order valence-electron chi connectivity index (χ2n) is 4.29. The van der Waals surface area contributed by atoms with Crippen molar-refractivity contribution in [1.82, 2.24) is 9.80 Å². The van der Waals surface area contributed by atoms with Crippen molar-refractivity contribution in [3.63, 3.8) is 0 Å². The van der Waals surface area contributed by atoms with Crippen LogP contribution in [0, 0.1) is 0 Å². The van der Waals surface area contributed by atoms with Crippen molar-refractivity contribution in [2.45, 2.75) is 12.3 Å². The molecule has 0 aromatic heterocycles. The molecule has 0 aromatic rings. The first kappa shape index (κ1) is 14.7. The largest absolute Gasteiger partial charge is 0.401 e. The molecule has 4 nitrogen and oxygen atoms in total. The highest BCUT2D eigenvalue weighted by Gasteiger charge is 2.32. The minimum absolute atomic E-state index is 0.0378. The fourth-order valence-corrected chi connectivity index (χ4v) is 1.92. The van der Waals surface area contributed by atoms with Gasteiger partial charge in [0.2, 0.25) is 0 Å². The van der Waals surface area contributed by atoms with Gasteiger partial charge in [-0.05, 0) is 0 Å². The summed E-state index contributed by atoms with van der Waals surface area (Å²) in [5.41, 5.74) is 5.50. The van der Waals surface area contributed by atoms with E-state index in [0.29, 0.717) is 39.3 Å². The molecule has 2 N–H and O–H groups in total. The number of hydrogen-bond acceptors (Lipinski definition) is 4. The summed E-state index contributed by atoms with van der Waals surface area (Å²) in [5.74, 6) is 0. The summed E-state index contributed by atoms with van der Waals surface area (Å²) in [5, 5.41) is 0. The number of methoxy groups -OCH3 is 1. The molecule has 1 heterocycles. The van der Waals surface area contributed by atoms with Crippen molar-refractivity contribution in [3.8, 4) is 0 Å². The number of alkyl halides is 3. The Morgan fingerprint density at radius 3 is 2.12 bits per heavy atom. The maximum absolute atomic E-state index is 12.2. The lowest BCUT2D eigenvalue weighted by Crippen LogP contribution is -2.51. The summed E-state index contributed by atoms with van der Waals surface area (Å²) in [4.78, 5) is 3.52. The van der Waals surface area contributed by atoms with E-state index in [0.717, 1.165) is 0 Å². The Morgan fingerprint density at radius 2 is 1.71 bits per heavy atom. The number of piperazine rings is 1. The van der Waals surface area contributed by atoms with Crippen LogP contribution in [-0.2, 0) is 4.74 Å². The lowest BCUT2D eigenvalue weighted by molar-refractivity contribution is -0.149. The quantitative estimate of drug-likeness (QED) is 0.759. The molecule has 102 valence electrons. The molecule has 1 aliphatic heterocycles. The average molecular weight is 255 g/mol. The van der Waals surface area contributed by atoms with Gasteiger partial charge in [0.15, 0.2) is 0 Å². The molecule has 1 saturated heterocycles. The van der Waals surface area contributed by atoms with Crippen molar-refractivity contribution < 1.29 is 17.9 Å². The molecular weight excluding hydrogens is 235 g/mol. The number of hydrogen-bond donors (Lipinski definition) is 1. The van der Waals surface area contributed by atoms with Gasteiger partial charge in [-0.2, -0.15) is 13.2 Å². The molecular formula is C10H20F3N3O. The third-order valence-corrected chi connectivity index (χ3v) is 2.93. The van der Waals surface area contributed by atoms with Gasteiger partial charge in [-0.25, -0.2) is 0 Å². The summed E-state index contributed by atoms with van der Waals surface area (Å²) >= 11 is 0. The van der Waals surface area contributed by atoms with Crippen molar-refractivity contribution in [3.05, 3.63) is 0 Å². The summed E-state index contributed by atoms with van der Waals surface area (Å²) in [6.45, 7) is 2.46. The van der Waals surface area contributed by atoms with Crippen molar-refractivity contribution in [1.29, 1.82) is 0 Å². The van der Waals surface area contributed by atoms with Crippen molar-refractivity contribution >= 4 is 0 Å². The van der Waals surface area contributed by atoms with Crippen molar-refractivity contribution in [2.24, 2.45) is 5.73 Å². The van der Waals surface area contributed by atoms with Crippen LogP contribution < -0.4 is 5.73 Å². The summed E-state index contributed by atoms with van der Waals surface area (Å²) in [6.07, 6.45) is -4.14. The molecule has 0 radical (unpaired) electrons. The highest BCUT2D eigenvalue weighted by molar-refractivity contribution is 4.76. The van der Waals surface area contributed by atoms with Gasteiger partial charge in [0.1, 0.15) is 0 Å². The van der Waals surface area contributed by atoms with E-state index in [9.17, 15) is 13.2 Å². The van der Waals surface area contributed by atoms with Gasteiger partial charge in [-0.1, -0.05) is 0 Å². The maximum Gasteiger partial charge on any atom is 0.401 e. The van der Waals surface area contributed by atoms with Gasteiger partial charge in [-0.3, -0.25) is 9.80 Å². The van der Waals surface area contributed by atoms with Crippen LogP contribution in [0.15, 0.2) is 0 Å². The molecule has 0 aliphatic carbocycles. The highest BCUT2D eigenvalue weighted by Crippen LogP contribution is 2.17. The Hall–Kier alpha value is -0.370. The van der Waals surface area contributed by atoms with E-state index in [1.54, 1.807) is 7.11 Å². The SMILES string of the molecule is COC(CN)CN1CCN(CC(F)(F)F)CC1. The predicted molar refractivity (Wildman–Crippen MR) is 58.8 cm³/mol. The Morgan fingerprint density at radius 1 is 1.18 bits per heavy atom. The van der Waals surface area contributed by atoms with Crippen LogP contribution in [0.3, 0.4) is 0 Å². The standard InChI is InChI=1S/C10H20F3N3O/c1-17-9(6-14)7-15-2-4-16(5-3-15)8-10(11,12)13/h9H,2-8,14H2,1H3. The highest BCUT2D eigenvalue weighted by atomic mass is 19.4. The van der Waals surface area contributed by atoms with E-state index in [4.69, 9.17) is 10.5 Å². The molecule has 1 rings (SSSR count). The van der Waals surface area contributed by atoms with Gasteiger partial charge < -0.3 is 10.5 Å². The lowest BCUT2D eigenvalue weighted by atomic mass is 10.2. The molecule has 7 heteroatoms. The Bertz CT molecular complexity index is 213. The number of nitrogens with zero attached hydrogens (tertiary/aromatic N) is 2. The van der Waals surface area contributed by atoms with E-state index in [1.807, 2.05) is 0 Å². The molecule has 0 amide bonds. The first-order chi connectivity index (χ1) is 7.94. The first-order valence-corrected chi connectivity index (χ1v) is 5.69. The minimum atomic E-state index is -4.10. The number of rotatable bonds is 5. The molecule has 1 unspecified atom stereocenters. The van der Waals surface area contributed by atoms with Crippen LogP contribution in [0.4, 0.5) is 13.2 Å². The van der Waals surface area contributed by atoms with Gasteiger partial charge in [-0.15, -0.1) is 0 Å². The molecule has 0 spiro atoms.